The molecule has 0 saturated carbocycles. The van der Waals surface area contributed by atoms with Crippen LogP contribution < -0.4 is 4.90 Å². The van der Waals surface area contributed by atoms with Gasteiger partial charge in [0.1, 0.15) is 10.1 Å². The number of para-hydroxylation sites is 1. The summed E-state index contributed by atoms with van der Waals surface area (Å²) in [7, 11) is 0. The number of thiocarbonyl (C=S) groups is 1. The molecular formula is C18H18FNOS3. The van der Waals surface area contributed by atoms with Gasteiger partial charge >= 0.3 is 0 Å². The van der Waals surface area contributed by atoms with E-state index in [1.165, 1.54) is 29.6 Å². The summed E-state index contributed by atoms with van der Waals surface area (Å²) in [5.74, 6) is 0.0730. The number of thioether (sulfide) groups is 2. The molecular weight excluding hydrogens is 361 g/mol. The molecule has 0 aromatic heterocycles. The average molecular weight is 380 g/mol. The van der Waals surface area contributed by atoms with Gasteiger partial charge in [-0.1, -0.05) is 42.2 Å². The van der Waals surface area contributed by atoms with E-state index in [0.29, 0.717) is 20.5 Å². The van der Waals surface area contributed by atoms with E-state index < -0.39 is 5.72 Å². The van der Waals surface area contributed by atoms with Crippen LogP contribution in [0.5, 0.6) is 0 Å². The highest BCUT2D eigenvalue weighted by atomic mass is 32.2. The van der Waals surface area contributed by atoms with Gasteiger partial charge in [0.15, 0.2) is 5.72 Å². The molecule has 2 aromatic carbocycles. The fourth-order valence-electron chi connectivity index (χ4n) is 3.06. The minimum Gasteiger partial charge on any atom is -0.366 e. The van der Waals surface area contributed by atoms with Gasteiger partial charge in [0, 0.05) is 16.1 Å². The van der Waals surface area contributed by atoms with Gasteiger partial charge in [-0.15, -0.1) is 11.8 Å². The summed E-state index contributed by atoms with van der Waals surface area (Å²) >= 11 is 8.25. The first kappa shape index (κ1) is 17.7. The predicted molar refractivity (Wildman–Crippen MR) is 106 cm³/mol. The van der Waals surface area contributed by atoms with Crippen molar-refractivity contribution in [1.29, 1.82) is 0 Å². The maximum atomic E-state index is 14.6. The topological polar surface area (TPSA) is 23.5 Å². The number of nitrogens with zero attached hydrogens (tertiary/aromatic N) is 1. The van der Waals surface area contributed by atoms with E-state index in [0.717, 1.165) is 16.8 Å². The first-order chi connectivity index (χ1) is 11.4. The van der Waals surface area contributed by atoms with Gasteiger partial charge in [0.05, 0.1) is 5.75 Å². The van der Waals surface area contributed by atoms with Crippen LogP contribution in [0.1, 0.15) is 16.7 Å². The number of halogens is 1. The summed E-state index contributed by atoms with van der Waals surface area (Å²) in [6, 6.07) is 11.0. The highest BCUT2D eigenvalue weighted by molar-refractivity contribution is 8.23. The standard InChI is InChI=1S/C18H18FNOS3/c1-11-12(2)16(23-3)15(19)9-14(11)18(21)10-24-17(22)20(18)13-7-5-4-6-8-13/h4-9,21H,10H2,1-3H3. The number of aliphatic hydroxyl groups is 1. The molecule has 1 aliphatic rings. The molecule has 0 bridgehead atoms. The van der Waals surface area contributed by atoms with E-state index in [1.807, 2.05) is 50.4 Å². The SMILES string of the molecule is CSc1c(F)cc(C2(O)CSC(=S)N2c2ccccc2)c(C)c1C. The fraction of sp³-hybridized carbons (Fsp3) is 0.278. The molecule has 2 aromatic rings. The van der Waals surface area contributed by atoms with Crippen LogP contribution in [0.4, 0.5) is 10.1 Å². The van der Waals surface area contributed by atoms with Crippen molar-refractivity contribution >= 4 is 45.7 Å². The lowest BCUT2D eigenvalue weighted by atomic mass is 9.94. The van der Waals surface area contributed by atoms with Crippen molar-refractivity contribution in [2.24, 2.45) is 0 Å². The second-order valence-electron chi connectivity index (χ2n) is 5.73. The number of anilines is 1. The van der Waals surface area contributed by atoms with Crippen LogP contribution in [0, 0.1) is 19.7 Å². The zero-order valence-corrected chi connectivity index (χ0v) is 16.1. The van der Waals surface area contributed by atoms with Gasteiger partial charge in [0.25, 0.3) is 0 Å². The van der Waals surface area contributed by atoms with Gasteiger partial charge in [0.2, 0.25) is 0 Å². The van der Waals surface area contributed by atoms with Crippen molar-refractivity contribution < 1.29 is 9.50 Å². The van der Waals surface area contributed by atoms with Crippen LogP contribution in [-0.2, 0) is 5.72 Å². The molecule has 1 atom stereocenters. The molecule has 1 saturated heterocycles. The molecule has 3 rings (SSSR count). The van der Waals surface area contributed by atoms with Crippen LogP contribution in [-0.4, -0.2) is 21.4 Å². The summed E-state index contributed by atoms with van der Waals surface area (Å²) in [6.07, 6.45) is 1.86. The molecule has 1 N–H and O–H groups in total. The van der Waals surface area contributed by atoms with Gasteiger partial charge in [-0.3, -0.25) is 4.90 Å². The third kappa shape index (κ3) is 2.75. The molecule has 1 heterocycles. The normalized spacial score (nSPS) is 20.7. The number of benzene rings is 2. The Morgan fingerprint density at radius 2 is 1.92 bits per heavy atom. The van der Waals surface area contributed by atoms with Crippen LogP contribution in [0.3, 0.4) is 0 Å². The molecule has 24 heavy (non-hydrogen) atoms. The Kier molecular flexibility index (Phi) is 4.93. The molecule has 126 valence electrons. The largest absolute Gasteiger partial charge is 0.366 e. The molecule has 0 amide bonds. The molecule has 1 fully saturated rings. The van der Waals surface area contributed by atoms with E-state index in [9.17, 15) is 9.50 Å². The van der Waals surface area contributed by atoms with Crippen molar-refractivity contribution in [2.45, 2.75) is 24.5 Å². The third-order valence-electron chi connectivity index (χ3n) is 4.39. The van der Waals surface area contributed by atoms with Crippen molar-refractivity contribution in [3.63, 3.8) is 0 Å². The Bertz CT molecular complexity index is 797. The fourth-order valence-corrected chi connectivity index (χ4v) is 5.20. The van der Waals surface area contributed by atoms with Crippen molar-refractivity contribution in [3.05, 3.63) is 58.9 Å². The molecule has 0 spiro atoms. The zero-order valence-electron chi connectivity index (χ0n) is 13.7. The lowest BCUT2D eigenvalue weighted by Crippen LogP contribution is -2.45. The Labute approximate surface area is 155 Å². The zero-order chi connectivity index (χ0) is 17.5. The lowest BCUT2D eigenvalue weighted by molar-refractivity contribution is 0.0759. The van der Waals surface area contributed by atoms with Crippen molar-refractivity contribution in [2.75, 3.05) is 16.9 Å². The second-order valence-corrected chi connectivity index (χ2v) is 8.16. The summed E-state index contributed by atoms with van der Waals surface area (Å²) < 4.78 is 15.1. The smallest absolute Gasteiger partial charge is 0.179 e. The quantitative estimate of drug-likeness (QED) is 0.607. The summed E-state index contributed by atoms with van der Waals surface area (Å²) in [5.41, 5.74) is 1.79. The van der Waals surface area contributed by atoms with Gasteiger partial charge < -0.3 is 5.11 Å². The summed E-state index contributed by atoms with van der Waals surface area (Å²) in [4.78, 5) is 2.35. The molecule has 6 heteroatoms. The number of hydrogen-bond donors (Lipinski definition) is 1. The summed E-state index contributed by atoms with van der Waals surface area (Å²) in [5, 5.41) is 11.5. The minimum atomic E-state index is -1.35. The minimum absolute atomic E-state index is 0.301. The van der Waals surface area contributed by atoms with Crippen LogP contribution in [0.2, 0.25) is 0 Å². The molecule has 1 aliphatic heterocycles. The lowest BCUT2D eigenvalue weighted by Gasteiger charge is -2.36. The maximum absolute atomic E-state index is 14.6. The Hall–Kier alpha value is -1.08. The van der Waals surface area contributed by atoms with Gasteiger partial charge in [-0.05, 0) is 49.4 Å². The predicted octanol–water partition coefficient (Wildman–Crippen LogP) is 4.85. The van der Waals surface area contributed by atoms with Gasteiger partial charge in [-0.25, -0.2) is 4.39 Å². The van der Waals surface area contributed by atoms with Crippen LogP contribution in [0.15, 0.2) is 41.3 Å². The Balaban J connectivity index is 2.19. The van der Waals surface area contributed by atoms with Crippen molar-refractivity contribution in [3.8, 4) is 0 Å². The summed E-state index contributed by atoms with van der Waals surface area (Å²) in [6.45, 7) is 3.82. The number of hydrogen-bond acceptors (Lipinski definition) is 4. The van der Waals surface area contributed by atoms with E-state index in [2.05, 4.69) is 0 Å². The maximum Gasteiger partial charge on any atom is 0.179 e. The first-order valence-corrected chi connectivity index (χ1v) is 10.1. The van der Waals surface area contributed by atoms with Crippen LogP contribution in [0.25, 0.3) is 0 Å². The van der Waals surface area contributed by atoms with E-state index in [1.54, 1.807) is 4.90 Å². The second kappa shape index (κ2) is 6.67. The average Bonchev–Trinajstić information content (AvgIpc) is 2.88. The molecule has 0 radical (unpaired) electrons. The van der Waals surface area contributed by atoms with Gasteiger partial charge in [-0.2, -0.15) is 0 Å². The number of rotatable bonds is 3. The van der Waals surface area contributed by atoms with E-state index in [-0.39, 0.29) is 5.82 Å². The van der Waals surface area contributed by atoms with E-state index in [4.69, 9.17) is 12.2 Å². The first-order valence-electron chi connectivity index (χ1n) is 7.48. The van der Waals surface area contributed by atoms with E-state index >= 15 is 0 Å². The molecule has 0 aliphatic carbocycles. The van der Waals surface area contributed by atoms with Crippen molar-refractivity contribution in [1.82, 2.24) is 0 Å². The highest BCUT2D eigenvalue weighted by Crippen LogP contribution is 2.45. The van der Waals surface area contributed by atoms with Crippen LogP contribution >= 0.6 is 35.7 Å². The molecule has 1 unspecified atom stereocenters. The highest BCUT2D eigenvalue weighted by Gasteiger charge is 2.46. The Morgan fingerprint density at radius 3 is 2.54 bits per heavy atom. The molecule has 2 nitrogen and oxygen atoms in total. The monoisotopic (exact) mass is 379 g/mol. The Morgan fingerprint density at radius 1 is 1.25 bits per heavy atom. The third-order valence-corrected chi connectivity index (χ3v) is 6.82.